The van der Waals surface area contributed by atoms with Crippen molar-refractivity contribution < 1.29 is 4.74 Å². The molecule has 1 heterocycles. The molecule has 1 saturated heterocycles. The van der Waals surface area contributed by atoms with Gasteiger partial charge in [-0.1, -0.05) is 0 Å². The van der Waals surface area contributed by atoms with Gasteiger partial charge in [0.05, 0.1) is 12.2 Å². The molecule has 0 aromatic carbocycles. The molecular formula is C12H27N3O. The summed E-state index contributed by atoms with van der Waals surface area (Å²) in [7, 11) is 4.21. The lowest BCUT2D eigenvalue weighted by Crippen LogP contribution is -2.47. The summed E-state index contributed by atoms with van der Waals surface area (Å²) >= 11 is 0. The molecule has 96 valence electrons. The third kappa shape index (κ3) is 5.80. The molecule has 1 aliphatic heterocycles. The second-order valence-corrected chi connectivity index (χ2v) is 5.07. The highest BCUT2D eigenvalue weighted by Crippen LogP contribution is 2.09. The molecule has 0 amide bonds. The number of likely N-dealkylation sites (N-methyl/N-ethyl adjacent to an activating group) is 1. The summed E-state index contributed by atoms with van der Waals surface area (Å²) in [5.74, 6) is 0. The normalized spacial score (nSPS) is 27.6. The predicted octanol–water partition coefficient (Wildman–Crippen LogP) is 0.247. The van der Waals surface area contributed by atoms with Gasteiger partial charge in [-0.15, -0.1) is 0 Å². The SMILES string of the molecule is C[C@@H]1CN(CCNCCN(C)C)C[C@H](C)O1. The summed E-state index contributed by atoms with van der Waals surface area (Å²) in [6, 6.07) is 0. The van der Waals surface area contributed by atoms with E-state index >= 15 is 0 Å². The van der Waals surface area contributed by atoms with Gasteiger partial charge in [0.2, 0.25) is 0 Å². The number of morpholine rings is 1. The van der Waals surface area contributed by atoms with Gasteiger partial charge in [0.1, 0.15) is 0 Å². The first kappa shape index (κ1) is 13.9. The Morgan fingerprint density at radius 2 is 1.81 bits per heavy atom. The van der Waals surface area contributed by atoms with Crippen LogP contribution in [0.2, 0.25) is 0 Å². The van der Waals surface area contributed by atoms with Gasteiger partial charge >= 0.3 is 0 Å². The molecule has 0 unspecified atom stereocenters. The van der Waals surface area contributed by atoms with Gasteiger partial charge < -0.3 is 15.0 Å². The highest BCUT2D eigenvalue weighted by atomic mass is 16.5. The summed E-state index contributed by atoms with van der Waals surface area (Å²) in [5.41, 5.74) is 0. The molecule has 16 heavy (non-hydrogen) atoms. The molecule has 1 N–H and O–H groups in total. The maximum atomic E-state index is 5.71. The number of hydrogen-bond donors (Lipinski definition) is 1. The van der Waals surface area contributed by atoms with Crippen molar-refractivity contribution in [2.24, 2.45) is 0 Å². The third-order valence-corrected chi connectivity index (χ3v) is 2.84. The number of ether oxygens (including phenoxy) is 1. The first-order valence-corrected chi connectivity index (χ1v) is 6.31. The van der Waals surface area contributed by atoms with Gasteiger partial charge in [0, 0.05) is 39.3 Å². The number of rotatable bonds is 6. The molecule has 0 aliphatic carbocycles. The number of nitrogens with zero attached hydrogens (tertiary/aromatic N) is 2. The Kier molecular flexibility index (Phi) is 6.28. The monoisotopic (exact) mass is 229 g/mol. The van der Waals surface area contributed by atoms with Crippen molar-refractivity contribution in [1.29, 1.82) is 0 Å². The molecule has 1 aliphatic rings. The van der Waals surface area contributed by atoms with Crippen LogP contribution in [0.15, 0.2) is 0 Å². The summed E-state index contributed by atoms with van der Waals surface area (Å²) in [6.07, 6.45) is 0.760. The first-order chi connectivity index (χ1) is 7.58. The van der Waals surface area contributed by atoms with Gasteiger partial charge in [-0.25, -0.2) is 0 Å². The van der Waals surface area contributed by atoms with E-state index in [0.29, 0.717) is 12.2 Å². The molecule has 1 fully saturated rings. The zero-order valence-electron chi connectivity index (χ0n) is 11.2. The summed E-state index contributed by atoms with van der Waals surface area (Å²) < 4.78 is 5.71. The van der Waals surface area contributed by atoms with Gasteiger partial charge in [0.25, 0.3) is 0 Å². The van der Waals surface area contributed by atoms with E-state index in [1.807, 2.05) is 0 Å². The van der Waals surface area contributed by atoms with E-state index < -0.39 is 0 Å². The topological polar surface area (TPSA) is 27.7 Å². The average Bonchev–Trinajstić information content (AvgIpc) is 2.15. The Bertz CT molecular complexity index is 177. The van der Waals surface area contributed by atoms with Crippen LogP contribution in [0.3, 0.4) is 0 Å². The Morgan fingerprint density at radius 3 is 2.38 bits per heavy atom. The van der Waals surface area contributed by atoms with E-state index in [1.165, 1.54) is 0 Å². The lowest BCUT2D eigenvalue weighted by atomic mass is 10.2. The second kappa shape index (κ2) is 7.22. The first-order valence-electron chi connectivity index (χ1n) is 6.31. The van der Waals surface area contributed by atoms with Crippen molar-refractivity contribution in [3.63, 3.8) is 0 Å². The second-order valence-electron chi connectivity index (χ2n) is 5.07. The minimum atomic E-state index is 0.380. The van der Waals surface area contributed by atoms with Gasteiger partial charge in [-0.05, 0) is 27.9 Å². The van der Waals surface area contributed by atoms with E-state index in [1.54, 1.807) is 0 Å². The van der Waals surface area contributed by atoms with E-state index in [9.17, 15) is 0 Å². The average molecular weight is 229 g/mol. The highest BCUT2D eigenvalue weighted by Gasteiger charge is 2.21. The molecule has 0 bridgehead atoms. The molecule has 4 nitrogen and oxygen atoms in total. The van der Waals surface area contributed by atoms with Crippen molar-refractivity contribution in [3.8, 4) is 0 Å². The van der Waals surface area contributed by atoms with Gasteiger partial charge in [-0.2, -0.15) is 0 Å². The minimum Gasteiger partial charge on any atom is -0.373 e. The largest absolute Gasteiger partial charge is 0.373 e. The Labute approximate surface area is 99.9 Å². The van der Waals surface area contributed by atoms with Crippen LogP contribution in [0, 0.1) is 0 Å². The van der Waals surface area contributed by atoms with E-state index in [-0.39, 0.29) is 0 Å². The minimum absolute atomic E-state index is 0.380. The standard InChI is InChI=1S/C12H27N3O/c1-11-9-15(10-12(2)16-11)8-6-13-5-7-14(3)4/h11-13H,5-10H2,1-4H3/t11-,12+. The molecule has 0 aromatic heterocycles. The summed E-state index contributed by atoms with van der Waals surface area (Å²) in [6.45, 7) is 10.8. The molecule has 0 spiro atoms. The highest BCUT2D eigenvalue weighted by molar-refractivity contribution is 4.73. The fraction of sp³-hybridized carbons (Fsp3) is 1.00. The van der Waals surface area contributed by atoms with E-state index in [2.05, 4.69) is 43.1 Å². The van der Waals surface area contributed by atoms with Crippen LogP contribution in [0.1, 0.15) is 13.8 Å². The number of nitrogens with one attached hydrogen (secondary N) is 1. The molecular weight excluding hydrogens is 202 g/mol. The smallest absolute Gasteiger partial charge is 0.0678 e. The lowest BCUT2D eigenvalue weighted by Gasteiger charge is -2.35. The summed E-state index contributed by atoms with van der Waals surface area (Å²) in [4.78, 5) is 4.69. The maximum Gasteiger partial charge on any atom is 0.0678 e. The van der Waals surface area contributed by atoms with Crippen LogP contribution < -0.4 is 5.32 Å². The van der Waals surface area contributed by atoms with Crippen LogP contribution in [0.25, 0.3) is 0 Å². The Hall–Kier alpha value is -0.160. The van der Waals surface area contributed by atoms with Crippen LogP contribution in [-0.2, 0) is 4.74 Å². The maximum absolute atomic E-state index is 5.71. The van der Waals surface area contributed by atoms with E-state index in [0.717, 1.165) is 39.3 Å². The summed E-state index contributed by atoms with van der Waals surface area (Å²) in [5, 5.41) is 3.47. The molecule has 0 saturated carbocycles. The molecule has 1 rings (SSSR count). The number of hydrogen-bond acceptors (Lipinski definition) is 4. The van der Waals surface area contributed by atoms with Crippen LogP contribution in [-0.4, -0.2) is 75.4 Å². The molecule has 4 heteroatoms. The Balaban J connectivity index is 2.04. The van der Waals surface area contributed by atoms with E-state index in [4.69, 9.17) is 4.74 Å². The van der Waals surface area contributed by atoms with Crippen molar-refractivity contribution >= 4 is 0 Å². The van der Waals surface area contributed by atoms with Crippen molar-refractivity contribution in [2.75, 3.05) is 53.4 Å². The quantitative estimate of drug-likeness (QED) is 0.661. The van der Waals surface area contributed by atoms with Crippen molar-refractivity contribution in [3.05, 3.63) is 0 Å². The van der Waals surface area contributed by atoms with Crippen LogP contribution in [0.4, 0.5) is 0 Å². The molecule has 0 radical (unpaired) electrons. The fourth-order valence-electron chi connectivity index (χ4n) is 2.13. The van der Waals surface area contributed by atoms with Crippen molar-refractivity contribution in [1.82, 2.24) is 15.1 Å². The fourth-order valence-corrected chi connectivity index (χ4v) is 2.13. The van der Waals surface area contributed by atoms with Crippen LogP contribution >= 0.6 is 0 Å². The predicted molar refractivity (Wildman–Crippen MR) is 67.9 cm³/mol. The Morgan fingerprint density at radius 1 is 1.19 bits per heavy atom. The molecule has 0 aromatic rings. The van der Waals surface area contributed by atoms with Gasteiger partial charge in [0.15, 0.2) is 0 Å². The molecule has 2 atom stereocenters. The third-order valence-electron chi connectivity index (χ3n) is 2.84. The zero-order chi connectivity index (χ0) is 12.0. The van der Waals surface area contributed by atoms with Crippen molar-refractivity contribution in [2.45, 2.75) is 26.1 Å². The van der Waals surface area contributed by atoms with Gasteiger partial charge in [-0.3, -0.25) is 4.90 Å². The zero-order valence-corrected chi connectivity index (χ0v) is 11.2. The lowest BCUT2D eigenvalue weighted by molar-refractivity contribution is -0.0674. The van der Waals surface area contributed by atoms with Crippen LogP contribution in [0.5, 0.6) is 0 Å².